The molecule has 0 unspecified atom stereocenters. The number of carbonyl (C=O) groups excluding carboxylic acids is 2. The standard InChI is InChI=1S/C21H22F2N2O3S/c22-18-6-5-17(13-19(18)23)29-12-7-20(26)24-14-15-1-3-16(4-2-15)21(27)25-8-10-28-11-9-25/h1-6,13H,7-12,14H2,(H,24,26). The molecule has 1 fully saturated rings. The molecule has 1 aliphatic heterocycles. The summed E-state index contributed by atoms with van der Waals surface area (Å²) in [6.45, 7) is 2.67. The van der Waals surface area contributed by atoms with Crippen LogP contribution in [0.2, 0.25) is 0 Å². The van der Waals surface area contributed by atoms with Gasteiger partial charge in [0.15, 0.2) is 11.6 Å². The average molecular weight is 420 g/mol. The highest BCUT2D eigenvalue weighted by Gasteiger charge is 2.18. The molecule has 0 aromatic heterocycles. The lowest BCUT2D eigenvalue weighted by Crippen LogP contribution is -2.40. The largest absolute Gasteiger partial charge is 0.378 e. The Labute approximate surface area is 172 Å². The van der Waals surface area contributed by atoms with Crippen LogP contribution in [-0.2, 0) is 16.1 Å². The molecule has 2 aromatic carbocycles. The van der Waals surface area contributed by atoms with Gasteiger partial charge >= 0.3 is 0 Å². The van der Waals surface area contributed by atoms with Crippen molar-refractivity contribution in [1.82, 2.24) is 10.2 Å². The Kier molecular flexibility index (Phi) is 7.60. The van der Waals surface area contributed by atoms with Crippen molar-refractivity contribution >= 4 is 23.6 Å². The summed E-state index contributed by atoms with van der Waals surface area (Å²) in [6, 6.07) is 10.9. The first-order valence-electron chi connectivity index (χ1n) is 9.33. The summed E-state index contributed by atoms with van der Waals surface area (Å²) >= 11 is 1.29. The number of hydrogen-bond acceptors (Lipinski definition) is 4. The van der Waals surface area contributed by atoms with E-state index in [0.717, 1.165) is 17.7 Å². The zero-order valence-electron chi connectivity index (χ0n) is 15.8. The fourth-order valence-corrected chi connectivity index (χ4v) is 3.71. The van der Waals surface area contributed by atoms with Gasteiger partial charge in [-0.3, -0.25) is 9.59 Å². The third-order valence-electron chi connectivity index (χ3n) is 4.48. The van der Waals surface area contributed by atoms with Crippen LogP contribution in [-0.4, -0.2) is 48.8 Å². The number of nitrogens with zero attached hydrogens (tertiary/aromatic N) is 1. The number of amides is 2. The Balaban J connectivity index is 1.40. The molecule has 154 valence electrons. The number of thioether (sulfide) groups is 1. The summed E-state index contributed by atoms with van der Waals surface area (Å²) in [4.78, 5) is 26.7. The number of ether oxygens (including phenoxy) is 1. The average Bonchev–Trinajstić information content (AvgIpc) is 2.75. The van der Waals surface area contributed by atoms with Gasteiger partial charge in [-0.15, -0.1) is 11.8 Å². The quantitative estimate of drug-likeness (QED) is 0.699. The minimum absolute atomic E-state index is 0.0156. The van der Waals surface area contributed by atoms with Crippen molar-refractivity contribution in [2.24, 2.45) is 0 Å². The fourth-order valence-electron chi connectivity index (χ4n) is 2.83. The second-order valence-electron chi connectivity index (χ2n) is 6.55. The second kappa shape index (κ2) is 10.4. The Hall–Kier alpha value is -2.45. The van der Waals surface area contributed by atoms with E-state index < -0.39 is 11.6 Å². The van der Waals surface area contributed by atoms with Crippen molar-refractivity contribution in [3.63, 3.8) is 0 Å². The van der Waals surface area contributed by atoms with Gasteiger partial charge in [-0.2, -0.15) is 0 Å². The van der Waals surface area contributed by atoms with E-state index in [1.165, 1.54) is 17.8 Å². The summed E-state index contributed by atoms with van der Waals surface area (Å²) in [5.74, 6) is -1.46. The molecule has 0 radical (unpaired) electrons. The van der Waals surface area contributed by atoms with Crippen molar-refractivity contribution in [3.05, 3.63) is 65.2 Å². The number of benzene rings is 2. The second-order valence-corrected chi connectivity index (χ2v) is 7.72. The van der Waals surface area contributed by atoms with Gasteiger partial charge < -0.3 is 15.0 Å². The normalized spacial score (nSPS) is 13.9. The van der Waals surface area contributed by atoms with Crippen LogP contribution in [0.1, 0.15) is 22.3 Å². The predicted molar refractivity (Wildman–Crippen MR) is 107 cm³/mol. The lowest BCUT2D eigenvalue weighted by molar-refractivity contribution is -0.120. The molecule has 1 N–H and O–H groups in total. The minimum Gasteiger partial charge on any atom is -0.378 e. The number of carbonyl (C=O) groups is 2. The molecule has 2 amide bonds. The van der Waals surface area contributed by atoms with Crippen LogP contribution in [0, 0.1) is 11.6 Å². The molecular formula is C21H22F2N2O3S. The first-order valence-corrected chi connectivity index (χ1v) is 10.3. The van der Waals surface area contributed by atoms with E-state index in [4.69, 9.17) is 4.74 Å². The molecule has 8 heteroatoms. The highest BCUT2D eigenvalue weighted by atomic mass is 32.2. The molecule has 5 nitrogen and oxygen atoms in total. The van der Waals surface area contributed by atoms with E-state index in [1.807, 2.05) is 12.1 Å². The lowest BCUT2D eigenvalue weighted by Gasteiger charge is -2.26. The van der Waals surface area contributed by atoms with Gasteiger partial charge in [-0.1, -0.05) is 12.1 Å². The van der Waals surface area contributed by atoms with E-state index in [2.05, 4.69) is 5.32 Å². The number of rotatable bonds is 7. The molecule has 1 aliphatic rings. The van der Waals surface area contributed by atoms with E-state index >= 15 is 0 Å². The Morgan fingerprint density at radius 2 is 1.76 bits per heavy atom. The molecule has 0 spiro atoms. The topological polar surface area (TPSA) is 58.6 Å². The molecular weight excluding hydrogens is 398 g/mol. The van der Waals surface area contributed by atoms with Gasteiger partial charge in [0.05, 0.1) is 13.2 Å². The maximum absolute atomic E-state index is 13.2. The lowest BCUT2D eigenvalue weighted by atomic mass is 10.1. The van der Waals surface area contributed by atoms with E-state index in [0.29, 0.717) is 49.1 Å². The molecule has 0 bridgehead atoms. The highest BCUT2D eigenvalue weighted by molar-refractivity contribution is 7.99. The van der Waals surface area contributed by atoms with Gasteiger partial charge in [-0.25, -0.2) is 8.78 Å². The van der Waals surface area contributed by atoms with Crippen molar-refractivity contribution in [2.75, 3.05) is 32.1 Å². The zero-order chi connectivity index (χ0) is 20.6. The van der Waals surface area contributed by atoms with Crippen LogP contribution in [0.5, 0.6) is 0 Å². The number of morpholine rings is 1. The van der Waals surface area contributed by atoms with Crippen LogP contribution in [0.3, 0.4) is 0 Å². The third-order valence-corrected chi connectivity index (χ3v) is 5.47. The Morgan fingerprint density at radius 3 is 2.45 bits per heavy atom. The predicted octanol–water partition coefficient (Wildman–Crippen LogP) is 3.24. The van der Waals surface area contributed by atoms with Crippen LogP contribution < -0.4 is 5.32 Å². The van der Waals surface area contributed by atoms with Crippen molar-refractivity contribution in [1.29, 1.82) is 0 Å². The molecule has 29 heavy (non-hydrogen) atoms. The molecule has 2 aromatic rings. The monoisotopic (exact) mass is 420 g/mol. The Morgan fingerprint density at radius 1 is 1.03 bits per heavy atom. The summed E-state index contributed by atoms with van der Waals surface area (Å²) < 4.78 is 31.3. The number of hydrogen-bond donors (Lipinski definition) is 1. The molecule has 1 saturated heterocycles. The highest BCUT2D eigenvalue weighted by Crippen LogP contribution is 2.21. The molecule has 0 saturated carbocycles. The SMILES string of the molecule is O=C(CCSc1ccc(F)c(F)c1)NCc1ccc(C(=O)N2CCOCC2)cc1. The number of nitrogens with one attached hydrogen (secondary N) is 1. The summed E-state index contributed by atoms with van der Waals surface area (Å²) in [5.41, 5.74) is 1.51. The molecule has 0 atom stereocenters. The van der Waals surface area contributed by atoms with Crippen molar-refractivity contribution < 1.29 is 23.1 Å². The smallest absolute Gasteiger partial charge is 0.254 e. The maximum Gasteiger partial charge on any atom is 0.254 e. The van der Waals surface area contributed by atoms with E-state index in [-0.39, 0.29) is 18.2 Å². The van der Waals surface area contributed by atoms with Crippen molar-refractivity contribution in [2.45, 2.75) is 17.9 Å². The minimum atomic E-state index is -0.894. The fraction of sp³-hybridized carbons (Fsp3) is 0.333. The van der Waals surface area contributed by atoms with Crippen LogP contribution in [0.4, 0.5) is 8.78 Å². The maximum atomic E-state index is 13.2. The summed E-state index contributed by atoms with van der Waals surface area (Å²) in [6.07, 6.45) is 0.261. The van der Waals surface area contributed by atoms with Gasteiger partial charge in [0.2, 0.25) is 5.91 Å². The molecule has 1 heterocycles. The first-order chi connectivity index (χ1) is 14.0. The van der Waals surface area contributed by atoms with Crippen LogP contribution in [0.25, 0.3) is 0 Å². The van der Waals surface area contributed by atoms with Crippen molar-refractivity contribution in [3.8, 4) is 0 Å². The summed E-state index contributed by atoms with van der Waals surface area (Å²) in [5, 5.41) is 2.82. The molecule has 0 aliphatic carbocycles. The zero-order valence-corrected chi connectivity index (χ0v) is 16.6. The van der Waals surface area contributed by atoms with Crippen LogP contribution in [0.15, 0.2) is 47.4 Å². The Bertz CT molecular complexity index is 856. The van der Waals surface area contributed by atoms with Gasteiger partial charge in [0, 0.05) is 42.3 Å². The first kappa shape index (κ1) is 21.3. The molecule has 3 rings (SSSR count). The van der Waals surface area contributed by atoms with Gasteiger partial charge in [0.1, 0.15) is 0 Å². The van der Waals surface area contributed by atoms with Gasteiger partial charge in [-0.05, 0) is 35.9 Å². The third kappa shape index (κ3) is 6.27. The van der Waals surface area contributed by atoms with Crippen LogP contribution >= 0.6 is 11.8 Å². The van der Waals surface area contributed by atoms with E-state index in [9.17, 15) is 18.4 Å². The van der Waals surface area contributed by atoms with Gasteiger partial charge in [0.25, 0.3) is 5.91 Å². The number of halogens is 2. The summed E-state index contributed by atoms with van der Waals surface area (Å²) in [7, 11) is 0. The van der Waals surface area contributed by atoms with E-state index in [1.54, 1.807) is 17.0 Å².